The Kier molecular flexibility index (Phi) is 15.0. The number of nitrogens with zero attached hydrogens (tertiary/aromatic N) is 5. The van der Waals surface area contributed by atoms with Gasteiger partial charge in [0.1, 0.15) is 26.9 Å². The van der Waals surface area contributed by atoms with Crippen LogP contribution in [0.5, 0.6) is 5.88 Å². The number of nitrogens with one attached hydrogen (secondary N) is 2. The Balaban J connectivity index is 0.000000286. The molecule has 1 unspecified atom stereocenters. The molecule has 0 aliphatic carbocycles. The molecule has 2 amide bonds. The molecular weight excluding hydrogens is 798 g/mol. The summed E-state index contributed by atoms with van der Waals surface area (Å²) < 4.78 is 81.9. The zero-order chi connectivity index (χ0) is 39.6. The van der Waals surface area contributed by atoms with Gasteiger partial charge in [-0.3, -0.25) is 10.1 Å². The van der Waals surface area contributed by atoms with Crippen LogP contribution in [0.3, 0.4) is 0 Å². The van der Waals surface area contributed by atoms with E-state index in [9.17, 15) is 40.8 Å². The largest absolute Gasteiger partial charge is 0.481 e. The Morgan fingerprint density at radius 1 is 1.02 bits per heavy atom. The van der Waals surface area contributed by atoms with Crippen LogP contribution in [0.2, 0.25) is 10.2 Å². The van der Waals surface area contributed by atoms with Crippen LogP contribution in [-0.4, -0.2) is 76.4 Å². The normalized spacial score (nSPS) is 11.6. The summed E-state index contributed by atoms with van der Waals surface area (Å²) in [5, 5.41) is 4.62. The number of methoxy groups -OCH3 is 1. The van der Waals surface area contributed by atoms with Crippen LogP contribution in [0, 0.1) is 12.7 Å². The molecule has 0 radical (unpaired) electrons. The summed E-state index contributed by atoms with van der Waals surface area (Å²) in [5.41, 5.74) is -1.57. The van der Waals surface area contributed by atoms with Gasteiger partial charge in [-0.2, -0.15) is 18.4 Å². The summed E-state index contributed by atoms with van der Waals surface area (Å²) in [5.74, 6) is -2.95. The van der Waals surface area contributed by atoms with E-state index in [1.54, 1.807) is 18.6 Å². The Morgan fingerprint density at radius 3 is 2.28 bits per heavy atom. The van der Waals surface area contributed by atoms with Gasteiger partial charge in [0, 0.05) is 17.5 Å². The van der Waals surface area contributed by atoms with Gasteiger partial charge in [0.05, 0.1) is 25.9 Å². The van der Waals surface area contributed by atoms with Crippen molar-refractivity contribution >= 4 is 68.7 Å². The molecule has 2 N–H and O–H groups in total. The topological polar surface area (TPSA) is 203 Å². The van der Waals surface area contributed by atoms with Gasteiger partial charge < -0.3 is 14.2 Å². The summed E-state index contributed by atoms with van der Waals surface area (Å²) in [6, 6.07) is 7.49. The van der Waals surface area contributed by atoms with Crippen molar-refractivity contribution < 1.29 is 50.2 Å². The van der Waals surface area contributed by atoms with Crippen LogP contribution in [0.1, 0.15) is 42.1 Å². The number of urea groups is 1. The molecule has 2 aromatic carbocycles. The van der Waals surface area contributed by atoms with E-state index in [2.05, 4.69) is 20.4 Å². The molecule has 0 saturated carbocycles. The standard InChI is InChI=1S/C15H14Cl2F3N3O3.C15H15ClN4O6S/c1-3-26-13(24)10(17)4-8-5-12(11(18)6-9(8)16)23-15(25)22(14(19)20)7(2)21-23;1-3-26-13(21)9-6-4-5-7-10(9)27(23,24)20-15(22)19-14-17-11(16)8-12(18-14)25-2/h5-6,10,14H,3-4H2,1-2H3;4-8H,3H2,1-2H3,(H2,17,18,19,20,22). The number of sulfonamides is 1. The lowest BCUT2D eigenvalue weighted by atomic mass is 10.1. The van der Waals surface area contributed by atoms with Gasteiger partial charge in [-0.05, 0) is 50.6 Å². The van der Waals surface area contributed by atoms with Crippen LogP contribution in [0.15, 0.2) is 52.2 Å². The van der Waals surface area contributed by atoms with E-state index in [1.807, 2.05) is 0 Å². The van der Waals surface area contributed by atoms with E-state index in [4.69, 9.17) is 49.0 Å². The average Bonchev–Trinajstić information content (AvgIpc) is 3.38. The van der Waals surface area contributed by atoms with Crippen LogP contribution < -0.4 is 20.5 Å². The maximum absolute atomic E-state index is 14.2. The minimum atomic E-state index is -4.38. The molecule has 4 aromatic rings. The third kappa shape index (κ3) is 11.0. The first kappa shape index (κ1) is 42.5. The first-order chi connectivity index (χ1) is 24.9. The molecular formula is C30H29Cl3F3N7O9S. The van der Waals surface area contributed by atoms with Crippen molar-refractivity contribution in [2.24, 2.45) is 0 Å². The smallest absolute Gasteiger partial charge is 0.355 e. The quantitative estimate of drug-likeness (QED) is 0.109. The number of benzene rings is 2. The van der Waals surface area contributed by atoms with Crippen molar-refractivity contribution in [2.75, 3.05) is 25.6 Å². The Bertz CT molecular complexity index is 2150. The van der Waals surface area contributed by atoms with E-state index in [0.29, 0.717) is 4.68 Å². The average molecular weight is 827 g/mol. The van der Waals surface area contributed by atoms with Gasteiger partial charge in [0.25, 0.3) is 10.0 Å². The molecule has 0 saturated heterocycles. The summed E-state index contributed by atoms with van der Waals surface area (Å²) in [7, 11) is -3.05. The predicted molar refractivity (Wildman–Crippen MR) is 184 cm³/mol. The predicted octanol–water partition coefficient (Wildman–Crippen LogP) is 5.07. The Morgan fingerprint density at radius 2 is 1.68 bits per heavy atom. The van der Waals surface area contributed by atoms with Crippen LogP contribution in [0.4, 0.5) is 23.9 Å². The van der Waals surface area contributed by atoms with Crippen LogP contribution in [-0.2, 0) is 30.7 Å². The molecule has 2 aromatic heterocycles. The van der Waals surface area contributed by atoms with Crippen LogP contribution in [0.25, 0.3) is 5.69 Å². The fourth-order valence-electron chi connectivity index (χ4n) is 4.21. The van der Waals surface area contributed by atoms with Gasteiger partial charge >= 0.3 is 30.2 Å². The van der Waals surface area contributed by atoms with Crippen molar-refractivity contribution in [3.8, 4) is 11.6 Å². The molecule has 16 nitrogen and oxygen atoms in total. The van der Waals surface area contributed by atoms with Gasteiger partial charge in [0.2, 0.25) is 11.8 Å². The number of amides is 2. The number of esters is 2. The van der Waals surface area contributed by atoms with E-state index >= 15 is 0 Å². The molecule has 2 heterocycles. The number of alkyl halides is 3. The number of aromatic nitrogens is 5. The molecule has 53 heavy (non-hydrogen) atoms. The molecule has 0 aliphatic heterocycles. The van der Waals surface area contributed by atoms with E-state index in [-0.39, 0.29) is 68.8 Å². The maximum Gasteiger partial charge on any atom is 0.355 e. The van der Waals surface area contributed by atoms with Crippen molar-refractivity contribution in [1.29, 1.82) is 0 Å². The molecule has 0 bridgehead atoms. The number of anilines is 1. The Labute approximate surface area is 314 Å². The lowest BCUT2D eigenvalue weighted by molar-refractivity contribution is -0.142. The minimum absolute atomic E-state index is 0.0207. The van der Waals surface area contributed by atoms with Gasteiger partial charge in [-0.25, -0.2) is 41.5 Å². The summed E-state index contributed by atoms with van der Waals surface area (Å²) in [6.45, 7) is 1.45. The molecule has 4 rings (SSSR count). The Hall–Kier alpha value is -4.92. The number of ether oxygens (including phenoxy) is 3. The van der Waals surface area contributed by atoms with Crippen molar-refractivity contribution in [1.82, 2.24) is 29.0 Å². The first-order valence-corrected chi connectivity index (χ1v) is 17.5. The van der Waals surface area contributed by atoms with Crippen molar-refractivity contribution in [3.63, 3.8) is 0 Å². The van der Waals surface area contributed by atoms with E-state index in [1.165, 1.54) is 44.4 Å². The second-order valence-corrected chi connectivity index (χ2v) is 13.0. The monoisotopic (exact) mass is 825 g/mol. The number of carbonyl (C=O) groups is 3. The number of halogens is 6. The lowest BCUT2D eigenvalue weighted by Crippen LogP contribution is -2.35. The number of hydrogen-bond donors (Lipinski definition) is 2. The van der Waals surface area contributed by atoms with Gasteiger partial charge in [-0.1, -0.05) is 35.3 Å². The number of aryl methyl sites for hydroxylation is 1. The van der Waals surface area contributed by atoms with Gasteiger partial charge in [0.15, 0.2) is 5.82 Å². The third-order valence-corrected chi connectivity index (χ3v) is 8.73. The first-order valence-electron chi connectivity index (χ1n) is 14.9. The van der Waals surface area contributed by atoms with Crippen molar-refractivity contribution in [3.05, 3.63) is 85.9 Å². The minimum Gasteiger partial charge on any atom is -0.481 e. The molecule has 1 atom stereocenters. The highest BCUT2D eigenvalue weighted by Gasteiger charge is 2.26. The summed E-state index contributed by atoms with van der Waals surface area (Å²) in [6.07, 6.45) is -0.115. The molecule has 0 fully saturated rings. The second kappa shape index (κ2) is 18.7. The molecule has 0 spiro atoms. The van der Waals surface area contributed by atoms with Crippen LogP contribution >= 0.6 is 34.8 Å². The summed E-state index contributed by atoms with van der Waals surface area (Å²) in [4.78, 5) is 54.8. The number of carbonyl (C=O) groups excluding carboxylic acids is 3. The second-order valence-electron chi connectivity index (χ2n) is 10.0. The zero-order valence-corrected chi connectivity index (χ0v) is 31.0. The fraction of sp³-hybridized carbons (Fsp3) is 0.300. The van der Waals surface area contributed by atoms with E-state index in [0.717, 1.165) is 12.1 Å². The SMILES string of the molecule is CCOC(=O)C(Cl)Cc1cc(-n2nc(C)n(C(F)F)c2=O)c(F)cc1Cl.CCOC(=O)c1ccccc1S(=O)(=O)NC(=O)Nc1nc(Cl)cc(OC)n1. The number of rotatable bonds is 12. The summed E-state index contributed by atoms with van der Waals surface area (Å²) >= 11 is 17.7. The van der Waals surface area contributed by atoms with E-state index < -0.39 is 56.3 Å². The number of hydrogen-bond acceptors (Lipinski definition) is 12. The lowest BCUT2D eigenvalue weighted by Gasteiger charge is -2.12. The molecule has 23 heteroatoms. The molecule has 286 valence electrons. The highest BCUT2D eigenvalue weighted by atomic mass is 35.5. The highest BCUT2D eigenvalue weighted by molar-refractivity contribution is 7.90. The van der Waals surface area contributed by atoms with Gasteiger partial charge in [-0.15, -0.1) is 16.7 Å². The fourth-order valence-corrected chi connectivity index (χ4v) is 5.94. The third-order valence-electron chi connectivity index (χ3n) is 6.47. The van der Waals surface area contributed by atoms with Crippen molar-refractivity contribution in [2.45, 2.75) is 44.0 Å². The maximum atomic E-state index is 14.2. The highest BCUT2D eigenvalue weighted by Crippen LogP contribution is 2.26. The zero-order valence-electron chi connectivity index (χ0n) is 27.9. The molecule has 0 aliphatic rings.